The summed E-state index contributed by atoms with van der Waals surface area (Å²) in [7, 11) is 1.73. The van der Waals surface area contributed by atoms with Gasteiger partial charge in [-0.2, -0.15) is 0 Å². The van der Waals surface area contributed by atoms with Crippen molar-refractivity contribution < 1.29 is 14.6 Å². The molecule has 0 bridgehead atoms. The molecule has 2 fully saturated rings. The van der Waals surface area contributed by atoms with Gasteiger partial charge in [0.1, 0.15) is 0 Å². The molecule has 2 atom stereocenters. The van der Waals surface area contributed by atoms with Crippen LogP contribution < -0.4 is 10.2 Å². The lowest BCUT2D eigenvalue weighted by atomic mass is 9.56. The number of anilines is 1. The molecule has 1 heterocycles. The number of benzene rings is 1. The molecule has 5 heteroatoms. The first-order chi connectivity index (χ1) is 11.8. The van der Waals surface area contributed by atoms with Gasteiger partial charge in [0.15, 0.2) is 0 Å². The molecule has 1 amide bonds. The topological polar surface area (TPSA) is 61.8 Å². The van der Waals surface area contributed by atoms with Gasteiger partial charge in [0.25, 0.3) is 5.91 Å². The number of amides is 1. The summed E-state index contributed by atoms with van der Waals surface area (Å²) >= 11 is 0. The molecule has 2 unspecified atom stereocenters. The van der Waals surface area contributed by atoms with Crippen molar-refractivity contribution in [3.8, 4) is 0 Å². The van der Waals surface area contributed by atoms with Crippen LogP contribution in [0.5, 0.6) is 0 Å². The van der Waals surface area contributed by atoms with Crippen LogP contribution in [0.25, 0.3) is 0 Å². The fraction of sp³-hybridized carbons (Fsp3) is 0.650. The molecular formula is C20H30N2O3. The van der Waals surface area contributed by atoms with Gasteiger partial charge >= 0.3 is 0 Å². The molecule has 5 nitrogen and oxygen atoms in total. The highest BCUT2D eigenvalue weighted by atomic mass is 16.5. The van der Waals surface area contributed by atoms with Crippen LogP contribution in [0, 0.1) is 5.41 Å². The number of aliphatic hydroxyl groups is 1. The first-order valence-electron chi connectivity index (χ1n) is 9.16. The summed E-state index contributed by atoms with van der Waals surface area (Å²) in [6.45, 7) is 8.09. The molecular weight excluding hydrogens is 316 g/mol. The molecule has 0 radical (unpaired) electrons. The van der Waals surface area contributed by atoms with Crippen molar-refractivity contribution in [3.05, 3.63) is 29.8 Å². The Morgan fingerprint density at radius 1 is 1.20 bits per heavy atom. The van der Waals surface area contributed by atoms with E-state index in [2.05, 4.69) is 31.0 Å². The summed E-state index contributed by atoms with van der Waals surface area (Å²) in [5, 5.41) is 12.8. The highest BCUT2D eigenvalue weighted by Gasteiger charge is 2.58. The average Bonchev–Trinajstić information content (AvgIpc) is 2.61. The van der Waals surface area contributed by atoms with Crippen molar-refractivity contribution in [2.75, 3.05) is 25.1 Å². The lowest BCUT2D eigenvalue weighted by Gasteiger charge is -2.59. The van der Waals surface area contributed by atoms with Gasteiger partial charge in [0.2, 0.25) is 0 Å². The van der Waals surface area contributed by atoms with Crippen molar-refractivity contribution in [3.63, 3.8) is 0 Å². The van der Waals surface area contributed by atoms with E-state index >= 15 is 0 Å². The van der Waals surface area contributed by atoms with E-state index in [0.29, 0.717) is 5.56 Å². The molecule has 1 aromatic rings. The molecule has 0 aromatic heterocycles. The highest BCUT2D eigenvalue weighted by molar-refractivity contribution is 5.94. The lowest BCUT2D eigenvalue weighted by Crippen LogP contribution is -2.68. The van der Waals surface area contributed by atoms with Gasteiger partial charge in [-0.1, -0.05) is 13.8 Å². The Morgan fingerprint density at radius 2 is 1.80 bits per heavy atom. The predicted octanol–water partition coefficient (Wildman–Crippen LogP) is 2.58. The molecule has 1 saturated carbocycles. The number of methoxy groups -OCH3 is 1. The molecule has 2 aliphatic rings. The smallest absolute Gasteiger partial charge is 0.251 e. The maximum absolute atomic E-state index is 12.6. The summed E-state index contributed by atoms with van der Waals surface area (Å²) in [4.78, 5) is 14.8. The zero-order valence-corrected chi connectivity index (χ0v) is 15.7. The first kappa shape index (κ1) is 18.2. The van der Waals surface area contributed by atoms with Gasteiger partial charge < -0.3 is 20.1 Å². The quantitative estimate of drug-likeness (QED) is 0.880. The number of nitrogens with zero attached hydrogens (tertiary/aromatic N) is 1. The molecule has 1 aromatic carbocycles. The van der Waals surface area contributed by atoms with E-state index in [9.17, 15) is 9.90 Å². The Bertz CT molecular complexity index is 620. The molecule has 1 aliphatic heterocycles. The summed E-state index contributed by atoms with van der Waals surface area (Å²) < 4.78 is 5.62. The molecule has 3 rings (SSSR count). The number of hydrogen-bond acceptors (Lipinski definition) is 4. The van der Waals surface area contributed by atoms with Crippen LogP contribution >= 0.6 is 0 Å². The van der Waals surface area contributed by atoms with Crippen LogP contribution in [-0.4, -0.2) is 49.0 Å². The van der Waals surface area contributed by atoms with E-state index in [1.165, 1.54) is 0 Å². The van der Waals surface area contributed by atoms with Crippen molar-refractivity contribution >= 4 is 11.6 Å². The van der Waals surface area contributed by atoms with E-state index in [1.54, 1.807) is 7.11 Å². The third-order valence-corrected chi connectivity index (χ3v) is 6.54. The lowest BCUT2D eigenvalue weighted by molar-refractivity contribution is -0.177. The third kappa shape index (κ3) is 3.27. The van der Waals surface area contributed by atoms with Crippen molar-refractivity contribution in [2.45, 2.75) is 57.8 Å². The van der Waals surface area contributed by atoms with Crippen LogP contribution in [-0.2, 0) is 4.74 Å². The Morgan fingerprint density at radius 3 is 2.32 bits per heavy atom. The summed E-state index contributed by atoms with van der Waals surface area (Å²) in [5.74, 6) is -0.0307. The minimum Gasteiger partial charge on any atom is -0.393 e. The minimum absolute atomic E-state index is 0.0307. The molecule has 0 spiro atoms. The number of carbonyl (C=O) groups is 1. The highest BCUT2D eigenvalue weighted by Crippen LogP contribution is 2.51. The Hall–Kier alpha value is -1.59. The predicted molar refractivity (Wildman–Crippen MR) is 99.0 cm³/mol. The number of ether oxygens (including phenoxy) is 1. The SMILES string of the molecule is COC1(C)CC(NC(=O)c2ccc(N3CCC(O)CC3)cc2)C1(C)C. The van der Waals surface area contributed by atoms with Crippen LogP contribution in [0.3, 0.4) is 0 Å². The van der Waals surface area contributed by atoms with Crippen molar-refractivity contribution in [2.24, 2.45) is 5.41 Å². The Labute approximate surface area is 150 Å². The van der Waals surface area contributed by atoms with Crippen LogP contribution in [0.15, 0.2) is 24.3 Å². The summed E-state index contributed by atoms with van der Waals surface area (Å²) in [5.41, 5.74) is 1.52. The summed E-state index contributed by atoms with van der Waals surface area (Å²) in [6, 6.07) is 7.89. The van der Waals surface area contributed by atoms with E-state index < -0.39 is 0 Å². The molecule has 138 valence electrons. The first-order valence-corrected chi connectivity index (χ1v) is 9.16. The molecule has 2 N–H and O–H groups in total. The standard InChI is InChI=1S/C20H30N2O3/c1-19(2)17(13-20(19,3)25-4)21-18(24)14-5-7-15(8-6-14)22-11-9-16(23)10-12-22/h5-8,16-17,23H,9-13H2,1-4H3,(H,21,24). The zero-order chi connectivity index (χ0) is 18.2. The van der Waals surface area contributed by atoms with Gasteiger partial charge in [0.05, 0.1) is 11.7 Å². The van der Waals surface area contributed by atoms with E-state index in [1.807, 2.05) is 24.3 Å². The normalized spacial score (nSPS) is 29.2. The number of piperidine rings is 1. The fourth-order valence-electron chi connectivity index (χ4n) is 3.91. The van der Waals surface area contributed by atoms with Crippen LogP contribution in [0.4, 0.5) is 5.69 Å². The largest absolute Gasteiger partial charge is 0.393 e. The Balaban J connectivity index is 1.60. The molecule has 1 aliphatic carbocycles. The Kier molecular flexibility index (Phi) is 4.82. The number of hydrogen-bond donors (Lipinski definition) is 2. The van der Waals surface area contributed by atoms with Gasteiger partial charge in [-0.15, -0.1) is 0 Å². The maximum atomic E-state index is 12.6. The molecule has 1 saturated heterocycles. The summed E-state index contributed by atoms with van der Waals surface area (Å²) in [6.07, 6.45) is 2.26. The van der Waals surface area contributed by atoms with E-state index in [-0.39, 0.29) is 29.1 Å². The zero-order valence-electron chi connectivity index (χ0n) is 15.7. The third-order valence-electron chi connectivity index (χ3n) is 6.54. The van der Waals surface area contributed by atoms with Crippen molar-refractivity contribution in [1.82, 2.24) is 5.32 Å². The number of carbonyl (C=O) groups excluding carboxylic acids is 1. The van der Waals surface area contributed by atoms with E-state index in [4.69, 9.17) is 4.74 Å². The number of aliphatic hydroxyl groups excluding tert-OH is 1. The average molecular weight is 346 g/mol. The van der Waals surface area contributed by atoms with Crippen LogP contribution in [0.2, 0.25) is 0 Å². The second-order valence-corrected chi connectivity index (χ2v) is 8.15. The monoisotopic (exact) mass is 346 g/mol. The van der Waals surface area contributed by atoms with Gasteiger partial charge in [-0.3, -0.25) is 4.79 Å². The van der Waals surface area contributed by atoms with Crippen LogP contribution in [0.1, 0.15) is 50.4 Å². The number of nitrogens with one attached hydrogen (secondary N) is 1. The number of rotatable bonds is 4. The van der Waals surface area contributed by atoms with Gasteiger partial charge in [0, 0.05) is 42.9 Å². The molecule has 25 heavy (non-hydrogen) atoms. The second-order valence-electron chi connectivity index (χ2n) is 8.15. The fourth-order valence-corrected chi connectivity index (χ4v) is 3.91. The van der Waals surface area contributed by atoms with E-state index in [0.717, 1.165) is 38.0 Å². The van der Waals surface area contributed by atoms with Gasteiger partial charge in [-0.05, 0) is 50.5 Å². The minimum atomic E-state index is -0.187. The van der Waals surface area contributed by atoms with Gasteiger partial charge in [-0.25, -0.2) is 0 Å². The second kappa shape index (κ2) is 6.61. The van der Waals surface area contributed by atoms with Crippen molar-refractivity contribution in [1.29, 1.82) is 0 Å². The maximum Gasteiger partial charge on any atom is 0.251 e.